The van der Waals surface area contributed by atoms with Crippen LogP contribution in [0.1, 0.15) is 6.42 Å². The summed E-state index contributed by atoms with van der Waals surface area (Å²) in [5, 5.41) is 6.27. The first kappa shape index (κ1) is 13.3. The van der Waals surface area contributed by atoms with Crippen molar-refractivity contribution in [1.82, 2.24) is 10.6 Å². The molecule has 0 aromatic carbocycles. The molecule has 0 radical (unpaired) electrons. The Kier molecular flexibility index (Phi) is 6.96. The fourth-order valence-electron chi connectivity index (χ4n) is 1.31. The summed E-state index contributed by atoms with van der Waals surface area (Å²) in [5.41, 5.74) is 4.99. The van der Waals surface area contributed by atoms with Crippen LogP contribution in [0, 0.1) is 0 Å². The van der Waals surface area contributed by atoms with Gasteiger partial charge in [-0.25, -0.2) is 0 Å². The van der Waals surface area contributed by atoms with Crippen molar-refractivity contribution in [3.8, 4) is 0 Å². The van der Waals surface area contributed by atoms with Crippen LogP contribution in [0.15, 0.2) is 23.1 Å². The molecule has 1 aliphatic rings. The lowest BCUT2D eigenvalue weighted by Gasteiger charge is -2.09. The molecule has 4 nitrogen and oxygen atoms in total. The largest absolute Gasteiger partial charge is 0.369 e. The van der Waals surface area contributed by atoms with Crippen LogP contribution in [0.5, 0.6) is 0 Å². The molecule has 0 atom stereocenters. The summed E-state index contributed by atoms with van der Waals surface area (Å²) in [6, 6.07) is 0. The van der Waals surface area contributed by atoms with Crippen molar-refractivity contribution < 1.29 is 4.79 Å². The number of hydrogen-bond donors (Lipinski definition) is 3. The summed E-state index contributed by atoms with van der Waals surface area (Å²) in [6.07, 6.45) is 7.52. The van der Waals surface area contributed by atoms with Crippen molar-refractivity contribution in [2.75, 3.05) is 31.9 Å². The van der Waals surface area contributed by atoms with E-state index in [-0.39, 0.29) is 12.5 Å². The highest BCUT2D eigenvalue weighted by Crippen LogP contribution is 2.22. The predicted molar refractivity (Wildman–Crippen MR) is 69.2 cm³/mol. The minimum atomic E-state index is -0.310. The molecule has 16 heavy (non-hydrogen) atoms. The average molecular weight is 241 g/mol. The Labute approximate surface area is 101 Å². The second-order valence-corrected chi connectivity index (χ2v) is 4.66. The van der Waals surface area contributed by atoms with Gasteiger partial charge in [0.05, 0.1) is 6.54 Å². The third kappa shape index (κ3) is 6.66. The summed E-state index contributed by atoms with van der Waals surface area (Å²) >= 11 is 1.89. The van der Waals surface area contributed by atoms with E-state index in [0.717, 1.165) is 31.8 Å². The van der Waals surface area contributed by atoms with Crippen molar-refractivity contribution in [3.05, 3.63) is 23.1 Å². The third-order valence-corrected chi connectivity index (χ3v) is 3.18. The normalized spacial score (nSPS) is 14.9. The van der Waals surface area contributed by atoms with Gasteiger partial charge in [-0.05, 0) is 17.9 Å². The van der Waals surface area contributed by atoms with E-state index in [0.29, 0.717) is 0 Å². The van der Waals surface area contributed by atoms with E-state index < -0.39 is 0 Å². The number of nitrogens with two attached hydrogens (primary N) is 1. The zero-order valence-electron chi connectivity index (χ0n) is 9.37. The van der Waals surface area contributed by atoms with Crippen molar-refractivity contribution in [2.24, 2.45) is 5.73 Å². The Morgan fingerprint density at radius 2 is 2.19 bits per heavy atom. The van der Waals surface area contributed by atoms with Gasteiger partial charge in [-0.1, -0.05) is 18.2 Å². The molecule has 0 spiro atoms. The van der Waals surface area contributed by atoms with Crippen LogP contribution in [-0.2, 0) is 4.79 Å². The summed E-state index contributed by atoms with van der Waals surface area (Å²) in [7, 11) is 0. The number of allylic oxidation sites excluding steroid dienone is 2. The summed E-state index contributed by atoms with van der Waals surface area (Å²) in [6.45, 7) is 2.87. The molecule has 0 unspecified atom stereocenters. The van der Waals surface area contributed by atoms with E-state index in [2.05, 4.69) is 28.9 Å². The Hall–Kier alpha value is -0.780. The molecule has 90 valence electrons. The average Bonchev–Trinajstić information content (AvgIpc) is 2.29. The van der Waals surface area contributed by atoms with Crippen molar-refractivity contribution in [3.63, 3.8) is 0 Å². The van der Waals surface area contributed by atoms with Crippen molar-refractivity contribution >= 4 is 17.7 Å². The molecule has 0 bridgehead atoms. The first-order chi connectivity index (χ1) is 7.79. The van der Waals surface area contributed by atoms with E-state index in [9.17, 15) is 4.79 Å². The predicted octanol–water partition coefficient (Wildman–Crippen LogP) is 0.228. The standard InChI is InChI=1S/C11H19N3OS/c12-11(15)9-14-7-6-13-5-4-10-3-1-2-8-16-10/h1-3,13-14H,4-9H2,(H2,12,15). The maximum atomic E-state index is 10.4. The number of carbonyl (C=O) groups excluding carboxylic acids is 1. The van der Waals surface area contributed by atoms with Crippen LogP contribution in [0.3, 0.4) is 0 Å². The Morgan fingerprint density at radius 1 is 1.38 bits per heavy atom. The highest BCUT2D eigenvalue weighted by molar-refractivity contribution is 8.03. The lowest BCUT2D eigenvalue weighted by Crippen LogP contribution is -2.34. The molecule has 1 heterocycles. The smallest absolute Gasteiger partial charge is 0.231 e. The van der Waals surface area contributed by atoms with E-state index in [1.54, 1.807) is 0 Å². The molecule has 0 saturated heterocycles. The number of hydrogen-bond acceptors (Lipinski definition) is 4. The summed E-state index contributed by atoms with van der Waals surface area (Å²) in [5.74, 6) is 0.780. The van der Waals surface area contributed by atoms with Gasteiger partial charge in [0.15, 0.2) is 0 Å². The van der Waals surface area contributed by atoms with Crippen LogP contribution in [-0.4, -0.2) is 37.8 Å². The first-order valence-electron chi connectivity index (χ1n) is 5.47. The van der Waals surface area contributed by atoms with Gasteiger partial charge in [0.2, 0.25) is 5.91 Å². The lowest BCUT2D eigenvalue weighted by molar-refractivity contribution is -0.117. The number of carbonyl (C=O) groups is 1. The maximum absolute atomic E-state index is 10.4. The molecule has 1 aliphatic heterocycles. The van der Waals surface area contributed by atoms with Gasteiger partial charge in [-0.2, -0.15) is 0 Å². The fraction of sp³-hybridized carbons (Fsp3) is 0.545. The highest BCUT2D eigenvalue weighted by atomic mass is 32.2. The van der Waals surface area contributed by atoms with Crippen LogP contribution in [0.2, 0.25) is 0 Å². The van der Waals surface area contributed by atoms with E-state index in [1.165, 1.54) is 4.91 Å². The number of primary amides is 1. The molecule has 0 fully saturated rings. The Bertz CT molecular complexity index is 276. The van der Waals surface area contributed by atoms with Crippen LogP contribution < -0.4 is 16.4 Å². The third-order valence-electron chi connectivity index (χ3n) is 2.11. The van der Waals surface area contributed by atoms with Gasteiger partial charge in [0.1, 0.15) is 0 Å². The first-order valence-corrected chi connectivity index (χ1v) is 6.46. The van der Waals surface area contributed by atoms with Crippen LogP contribution in [0.25, 0.3) is 0 Å². The second-order valence-electron chi connectivity index (χ2n) is 3.52. The molecule has 4 N–H and O–H groups in total. The monoisotopic (exact) mass is 241 g/mol. The van der Waals surface area contributed by atoms with Gasteiger partial charge in [0.25, 0.3) is 0 Å². The summed E-state index contributed by atoms with van der Waals surface area (Å²) < 4.78 is 0. The molecule has 0 aromatic rings. The quantitative estimate of drug-likeness (QED) is 0.532. The van der Waals surface area contributed by atoms with Crippen molar-refractivity contribution in [1.29, 1.82) is 0 Å². The minimum Gasteiger partial charge on any atom is -0.369 e. The van der Waals surface area contributed by atoms with Gasteiger partial charge in [-0.15, -0.1) is 11.8 Å². The van der Waals surface area contributed by atoms with E-state index >= 15 is 0 Å². The Morgan fingerprint density at radius 3 is 2.88 bits per heavy atom. The SMILES string of the molecule is NC(=O)CNCCNCCC1=CC=CCS1. The van der Waals surface area contributed by atoms with Crippen LogP contribution in [0.4, 0.5) is 0 Å². The zero-order chi connectivity index (χ0) is 11.6. The number of nitrogens with one attached hydrogen (secondary N) is 2. The van der Waals surface area contributed by atoms with Gasteiger partial charge in [-0.3, -0.25) is 4.79 Å². The van der Waals surface area contributed by atoms with Gasteiger partial charge in [0, 0.05) is 18.8 Å². The number of amides is 1. The van der Waals surface area contributed by atoms with Gasteiger partial charge >= 0.3 is 0 Å². The molecule has 0 aromatic heterocycles. The molecule has 0 saturated carbocycles. The van der Waals surface area contributed by atoms with E-state index in [1.807, 2.05) is 11.8 Å². The Balaban J connectivity index is 1.90. The number of thioether (sulfide) groups is 1. The van der Waals surface area contributed by atoms with Gasteiger partial charge < -0.3 is 16.4 Å². The van der Waals surface area contributed by atoms with Crippen LogP contribution >= 0.6 is 11.8 Å². The zero-order valence-corrected chi connectivity index (χ0v) is 10.2. The lowest BCUT2D eigenvalue weighted by atomic mass is 10.3. The molecular formula is C11H19N3OS. The van der Waals surface area contributed by atoms with Crippen molar-refractivity contribution in [2.45, 2.75) is 6.42 Å². The fourth-order valence-corrected chi connectivity index (χ4v) is 2.16. The maximum Gasteiger partial charge on any atom is 0.231 e. The minimum absolute atomic E-state index is 0.257. The molecule has 0 aliphatic carbocycles. The second kappa shape index (κ2) is 8.38. The summed E-state index contributed by atoms with van der Waals surface area (Å²) in [4.78, 5) is 11.8. The molecule has 1 amide bonds. The molecule has 5 heteroatoms. The molecular weight excluding hydrogens is 222 g/mol. The number of rotatable bonds is 8. The molecule has 1 rings (SSSR count). The highest BCUT2D eigenvalue weighted by Gasteiger charge is 1.99. The topological polar surface area (TPSA) is 67.2 Å². The van der Waals surface area contributed by atoms with E-state index in [4.69, 9.17) is 5.73 Å².